The van der Waals surface area contributed by atoms with Crippen LogP contribution in [0.4, 0.5) is 0 Å². The fraction of sp³-hybridized carbons (Fsp3) is 0.474. The van der Waals surface area contributed by atoms with Crippen LogP contribution in [0.25, 0.3) is 0 Å². The molecule has 2 aromatic rings. The number of carbonyl (C=O) groups is 1. The minimum absolute atomic E-state index is 0.0664. The molecule has 1 amide bonds. The molecule has 1 N–H and O–H groups in total. The van der Waals surface area contributed by atoms with Gasteiger partial charge >= 0.3 is 0 Å². The fourth-order valence-corrected chi connectivity index (χ4v) is 3.29. The summed E-state index contributed by atoms with van der Waals surface area (Å²) in [5.74, 6) is 0.265. The van der Waals surface area contributed by atoms with Crippen molar-refractivity contribution in [3.8, 4) is 0 Å². The molecule has 0 fully saturated rings. The molecule has 25 heavy (non-hydrogen) atoms. The Kier molecular flexibility index (Phi) is 6.19. The third kappa shape index (κ3) is 5.14. The molecule has 1 aliphatic rings. The number of fused-ring (bicyclic) bond motifs is 1. The number of carbonyl (C=O) groups excluding carboxylic acids is 1. The van der Waals surface area contributed by atoms with Crippen molar-refractivity contribution in [2.45, 2.75) is 19.5 Å². The molecule has 0 spiro atoms. The van der Waals surface area contributed by atoms with Gasteiger partial charge in [-0.05, 0) is 18.1 Å². The Morgan fingerprint density at radius 3 is 2.92 bits per heavy atom. The lowest BCUT2D eigenvalue weighted by Gasteiger charge is -2.24. The third-order valence-electron chi connectivity index (χ3n) is 4.56. The van der Waals surface area contributed by atoms with Crippen LogP contribution >= 0.6 is 0 Å². The first-order valence-corrected chi connectivity index (χ1v) is 8.77. The molecule has 6 heteroatoms. The summed E-state index contributed by atoms with van der Waals surface area (Å²) in [6.07, 6.45) is 2.88. The summed E-state index contributed by atoms with van der Waals surface area (Å²) in [4.78, 5) is 14.1. The van der Waals surface area contributed by atoms with E-state index in [1.807, 2.05) is 12.3 Å². The monoisotopic (exact) mass is 342 g/mol. The topological polar surface area (TPSA) is 59.4 Å². The molecule has 1 aromatic heterocycles. The first-order valence-electron chi connectivity index (χ1n) is 8.77. The van der Waals surface area contributed by atoms with E-state index >= 15 is 0 Å². The first kappa shape index (κ1) is 17.6. The highest BCUT2D eigenvalue weighted by Gasteiger charge is 2.22. The number of methoxy groups -OCH3 is 1. The van der Waals surface area contributed by atoms with Gasteiger partial charge in [0.05, 0.1) is 5.69 Å². The number of rotatable bonds is 7. The molecule has 2 heterocycles. The van der Waals surface area contributed by atoms with Crippen molar-refractivity contribution in [3.05, 3.63) is 53.9 Å². The number of nitrogens with one attached hydrogen (secondary N) is 1. The average Bonchev–Trinajstić information content (AvgIpc) is 2.98. The third-order valence-corrected chi connectivity index (χ3v) is 4.56. The maximum Gasteiger partial charge on any atom is 0.245 e. The number of ether oxygens (including phenoxy) is 1. The van der Waals surface area contributed by atoms with Gasteiger partial charge in [-0.15, -0.1) is 0 Å². The van der Waals surface area contributed by atoms with Gasteiger partial charge in [-0.2, -0.15) is 5.10 Å². The summed E-state index contributed by atoms with van der Waals surface area (Å²) in [5.41, 5.74) is 2.59. The number of amides is 1. The number of nitrogens with zero attached hydrogens (tertiary/aromatic N) is 3. The minimum Gasteiger partial charge on any atom is -0.375 e. The van der Waals surface area contributed by atoms with E-state index in [9.17, 15) is 4.79 Å². The van der Waals surface area contributed by atoms with E-state index in [2.05, 4.69) is 50.3 Å². The van der Waals surface area contributed by atoms with Crippen LogP contribution in [0.15, 0.2) is 42.6 Å². The highest BCUT2D eigenvalue weighted by Crippen LogP contribution is 2.16. The Balaban J connectivity index is 1.61. The molecule has 0 aliphatic carbocycles. The summed E-state index contributed by atoms with van der Waals surface area (Å²) in [6, 6.07) is 12.6. The van der Waals surface area contributed by atoms with Gasteiger partial charge in [0, 0.05) is 51.9 Å². The molecule has 0 unspecified atom stereocenters. The summed E-state index contributed by atoms with van der Waals surface area (Å²) in [6.45, 7) is 4.43. The molecule has 1 aliphatic heterocycles. The van der Waals surface area contributed by atoms with Gasteiger partial charge in [-0.3, -0.25) is 14.4 Å². The summed E-state index contributed by atoms with van der Waals surface area (Å²) >= 11 is 0. The Hall–Kier alpha value is -2.18. The molecule has 0 saturated carbocycles. The van der Waals surface area contributed by atoms with Crippen LogP contribution in [0.1, 0.15) is 11.3 Å². The van der Waals surface area contributed by atoms with Crippen molar-refractivity contribution in [1.82, 2.24) is 20.0 Å². The predicted octanol–water partition coefficient (Wildman–Crippen LogP) is 1.32. The van der Waals surface area contributed by atoms with Gasteiger partial charge in [0.1, 0.15) is 6.61 Å². The quantitative estimate of drug-likeness (QED) is 0.824. The van der Waals surface area contributed by atoms with E-state index in [-0.39, 0.29) is 12.5 Å². The lowest BCUT2D eigenvalue weighted by atomic mass is 10.1. The first-order chi connectivity index (χ1) is 12.2. The average molecular weight is 342 g/mol. The van der Waals surface area contributed by atoms with Crippen molar-refractivity contribution < 1.29 is 9.53 Å². The lowest BCUT2D eigenvalue weighted by Crippen LogP contribution is -2.38. The number of aromatic nitrogens is 2. The smallest absolute Gasteiger partial charge is 0.245 e. The van der Waals surface area contributed by atoms with Crippen LogP contribution in [-0.4, -0.2) is 53.9 Å². The minimum atomic E-state index is -0.0664. The molecular formula is C19H26N4O2. The van der Waals surface area contributed by atoms with Crippen molar-refractivity contribution >= 4 is 5.91 Å². The summed E-state index contributed by atoms with van der Waals surface area (Å²) in [7, 11) is 1.53. The molecule has 134 valence electrons. The zero-order chi connectivity index (χ0) is 17.5. The lowest BCUT2D eigenvalue weighted by molar-refractivity contribution is -0.124. The fourth-order valence-electron chi connectivity index (χ4n) is 3.29. The van der Waals surface area contributed by atoms with E-state index in [1.54, 1.807) is 0 Å². The molecule has 0 radical (unpaired) electrons. The van der Waals surface area contributed by atoms with E-state index in [4.69, 9.17) is 4.74 Å². The van der Waals surface area contributed by atoms with Gasteiger partial charge in [0.2, 0.25) is 5.91 Å². The summed E-state index contributed by atoms with van der Waals surface area (Å²) < 4.78 is 6.95. The van der Waals surface area contributed by atoms with Gasteiger partial charge in [0.25, 0.3) is 0 Å². The van der Waals surface area contributed by atoms with Crippen molar-refractivity contribution in [3.63, 3.8) is 0 Å². The SMILES string of the molecule is COCC(=O)NC[C@H]1CN(CCc2ccccc2)Cc2ccnn2C1. The predicted molar refractivity (Wildman–Crippen MR) is 96.0 cm³/mol. The second-order valence-corrected chi connectivity index (χ2v) is 6.58. The van der Waals surface area contributed by atoms with E-state index in [1.165, 1.54) is 18.4 Å². The second-order valence-electron chi connectivity index (χ2n) is 6.58. The van der Waals surface area contributed by atoms with Gasteiger partial charge in [-0.1, -0.05) is 30.3 Å². The standard InChI is InChI=1S/C19H26N4O2/c1-25-15-19(24)20-11-17-12-22(10-8-16-5-3-2-4-6-16)14-18-7-9-21-23(18)13-17/h2-7,9,17H,8,10-15H2,1H3,(H,20,24)/t17-/m0/s1. The molecule has 1 atom stereocenters. The molecule has 6 nitrogen and oxygen atoms in total. The molecule has 0 saturated heterocycles. The van der Waals surface area contributed by atoms with Gasteiger partial charge in [0.15, 0.2) is 0 Å². The number of benzene rings is 1. The van der Waals surface area contributed by atoms with Crippen molar-refractivity contribution in [2.24, 2.45) is 5.92 Å². The Bertz CT molecular complexity index is 671. The van der Waals surface area contributed by atoms with E-state index in [0.29, 0.717) is 12.5 Å². The van der Waals surface area contributed by atoms with Crippen LogP contribution in [0.2, 0.25) is 0 Å². The number of hydrogen-bond acceptors (Lipinski definition) is 4. The Morgan fingerprint density at radius 2 is 2.12 bits per heavy atom. The highest BCUT2D eigenvalue weighted by molar-refractivity contribution is 5.77. The van der Waals surface area contributed by atoms with Gasteiger partial charge < -0.3 is 10.1 Å². The van der Waals surface area contributed by atoms with Crippen LogP contribution in [0.5, 0.6) is 0 Å². The number of hydrogen-bond donors (Lipinski definition) is 1. The van der Waals surface area contributed by atoms with E-state index in [0.717, 1.165) is 32.6 Å². The largest absolute Gasteiger partial charge is 0.375 e. The molecular weight excluding hydrogens is 316 g/mol. The maximum absolute atomic E-state index is 11.7. The van der Waals surface area contributed by atoms with Gasteiger partial charge in [-0.25, -0.2) is 0 Å². The zero-order valence-electron chi connectivity index (χ0n) is 14.7. The highest BCUT2D eigenvalue weighted by atomic mass is 16.5. The molecule has 1 aromatic carbocycles. The Labute approximate surface area is 148 Å². The van der Waals surface area contributed by atoms with E-state index < -0.39 is 0 Å². The molecule has 0 bridgehead atoms. The van der Waals surface area contributed by atoms with Crippen molar-refractivity contribution in [1.29, 1.82) is 0 Å². The maximum atomic E-state index is 11.7. The van der Waals surface area contributed by atoms with Crippen LogP contribution in [0, 0.1) is 5.92 Å². The second kappa shape index (κ2) is 8.78. The zero-order valence-corrected chi connectivity index (χ0v) is 14.7. The van der Waals surface area contributed by atoms with Crippen LogP contribution in [0.3, 0.4) is 0 Å². The normalized spacial score (nSPS) is 17.7. The van der Waals surface area contributed by atoms with Crippen molar-refractivity contribution in [2.75, 3.05) is 33.4 Å². The Morgan fingerprint density at radius 1 is 1.28 bits per heavy atom. The van der Waals surface area contributed by atoms with Crippen LogP contribution < -0.4 is 5.32 Å². The molecule has 3 rings (SSSR count). The summed E-state index contributed by atoms with van der Waals surface area (Å²) in [5, 5.41) is 7.40. The van der Waals surface area contributed by atoms with Crippen LogP contribution in [-0.2, 0) is 29.0 Å².